The molecule has 0 saturated heterocycles. The number of nitrogens with zero attached hydrogens (tertiary/aromatic N) is 1. The molecule has 0 aromatic heterocycles. The van der Waals surface area contributed by atoms with Gasteiger partial charge in [0.15, 0.2) is 11.1 Å². The van der Waals surface area contributed by atoms with Crippen LogP contribution in [0.1, 0.15) is 41.5 Å². The maximum Gasteiger partial charge on any atom is 0.154 e. The highest BCUT2D eigenvalue weighted by molar-refractivity contribution is 5.16. The van der Waals surface area contributed by atoms with Crippen LogP contribution in [0.4, 0.5) is 0 Å². The molecule has 0 bridgehead atoms. The van der Waals surface area contributed by atoms with Crippen LogP contribution >= 0.6 is 0 Å². The van der Waals surface area contributed by atoms with E-state index in [1.165, 1.54) is 0 Å². The number of hydrogen-bond donors (Lipinski definition) is 0. The summed E-state index contributed by atoms with van der Waals surface area (Å²) in [6.07, 6.45) is 0. The van der Waals surface area contributed by atoms with E-state index >= 15 is 0 Å². The van der Waals surface area contributed by atoms with Gasteiger partial charge in [-0.3, -0.25) is 0 Å². The first-order chi connectivity index (χ1) is 4.15. The molecular weight excluding hydrogens is 122 g/mol. The minimum absolute atomic E-state index is 0.165. The summed E-state index contributed by atoms with van der Waals surface area (Å²) in [7, 11) is 0. The molecular formula is C9H20N+. The monoisotopic (exact) mass is 142 g/mol. The average molecular weight is 142 g/mol. The molecule has 0 atom stereocenters. The quantitative estimate of drug-likeness (QED) is 0.360. The van der Waals surface area contributed by atoms with Gasteiger partial charge in [-0.15, -0.1) is 0 Å². The minimum Gasteiger partial charge on any atom is -0.234 e. The standard InChI is InChI=1S/C9H20N/c1-8(2,3)10(7)9(4,5)6/h7H2,1-6H3/q+1. The molecule has 0 heterocycles. The minimum atomic E-state index is 0.165. The highest BCUT2D eigenvalue weighted by Crippen LogP contribution is 2.16. The summed E-state index contributed by atoms with van der Waals surface area (Å²) >= 11 is 0. The fourth-order valence-corrected chi connectivity index (χ4v) is 1.01. The van der Waals surface area contributed by atoms with Crippen LogP contribution in [-0.4, -0.2) is 22.4 Å². The maximum absolute atomic E-state index is 4.01. The smallest absolute Gasteiger partial charge is 0.154 e. The van der Waals surface area contributed by atoms with Crippen LogP contribution in [0.3, 0.4) is 0 Å². The molecule has 0 aliphatic rings. The number of rotatable bonds is 0. The van der Waals surface area contributed by atoms with Crippen LogP contribution < -0.4 is 0 Å². The van der Waals surface area contributed by atoms with E-state index in [0.29, 0.717) is 0 Å². The molecule has 0 fully saturated rings. The topological polar surface area (TPSA) is 3.01 Å². The van der Waals surface area contributed by atoms with Crippen molar-refractivity contribution in [2.45, 2.75) is 52.6 Å². The van der Waals surface area contributed by atoms with Crippen molar-refractivity contribution in [2.24, 2.45) is 0 Å². The zero-order chi connectivity index (χ0) is 8.58. The average Bonchev–Trinajstić information content (AvgIpc) is 1.59. The van der Waals surface area contributed by atoms with Crippen molar-refractivity contribution in [3.8, 4) is 0 Å². The van der Waals surface area contributed by atoms with Crippen molar-refractivity contribution in [1.82, 2.24) is 0 Å². The Balaban J connectivity index is 4.40. The Morgan fingerprint density at radius 3 is 1.00 bits per heavy atom. The van der Waals surface area contributed by atoms with Crippen molar-refractivity contribution < 1.29 is 4.58 Å². The fourth-order valence-electron chi connectivity index (χ4n) is 1.01. The van der Waals surface area contributed by atoms with E-state index in [1.807, 2.05) is 0 Å². The van der Waals surface area contributed by atoms with Crippen molar-refractivity contribution >= 4 is 6.72 Å². The van der Waals surface area contributed by atoms with Crippen LogP contribution in [0.25, 0.3) is 0 Å². The third kappa shape index (κ3) is 2.51. The Kier molecular flexibility index (Phi) is 2.29. The molecule has 0 aromatic carbocycles. The van der Waals surface area contributed by atoms with Crippen LogP contribution in [0, 0.1) is 0 Å². The highest BCUT2D eigenvalue weighted by Gasteiger charge is 2.32. The summed E-state index contributed by atoms with van der Waals surface area (Å²) in [4.78, 5) is 0. The molecule has 0 N–H and O–H groups in total. The molecule has 0 rings (SSSR count). The molecule has 0 spiro atoms. The van der Waals surface area contributed by atoms with Crippen LogP contribution in [0.2, 0.25) is 0 Å². The molecule has 1 heteroatoms. The van der Waals surface area contributed by atoms with Gasteiger partial charge in [0.2, 0.25) is 0 Å². The Morgan fingerprint density at radius 2 is 1.00 bits per heavy atom. The van der Waals surface area contributed by atoms with E-state index in [0.717, 1.165) is 0 Å². The lowest BCUT2D eigenvalue weighted by Gasteiger charge is -2.26. The largest absolute Gasteiger partial charge is 0.234 e. The van der Waals surface area contributed by atoms with Crippen molar-refractivity contribution in [2.75, 3.05) is 0 Å². The molecule has 0 aromatic rings. The first-order valence-corrected chi connectivity index (χ1v) is 3.76. The molecule has 10 heavy (non-hydrogen) atoms. The lowest BCUT2D eigenvalue weighted by atomic mass is 9.99. The first kappa shape index (κ1) is 9.67. The van der Waals surface area contributed by atoms with Gasteiger partial charge in [-0.2, -0.15) is 0 Å². The Hall–Kier alpha value is -0.330. The second-order valence-electron chi connectivity index (χ2n) is 4.77. The molecule has 0 amide bonds. The fraction of sp³-hybridized carbons (Fsp3) is 0.889. The second-order valence-corrected chi connectivity index (χ2v) is 4.77. The van der Waals surface area contributed by atoms with E-state index in [-0.39, 0.29) is 11.1 Å². The second kappa shape index (κ2) is 2.37. The number of hydrogen-bond acceptors (Lipinski definition) is 0. The van der Waals surface area contributed by atoms with Gasteiger partial charge in [0.1, 0.15) is 6.72 Å². The molecule has 60 valence electrons. The van der Waals surface area contributed by atoms with Gasteiger partial charge in [-0.1, -0.05) is 0 Å². The van der Waals surface area contributed by atoms with Gasteiger partial charge < -0.3 is 0 Å². The zero-order valence-corrected chi connectivity index (χ0v) is 8.15. The molecule has 1 nitrogen and oxygen atoms in total. The van der Waals surface area contributed by atoms with E-state index in [9.17, 15) is 0 Å². The predicted molar refractivity (Wildman–Crippen MR) is 46.9 cm³/mol. The molecule has 0 radical (unpaired) electrons. The highest BCUT2D eigenvalue weighted by atomic mass is 15.1. The maximum atomic E-state index is 4.01. The van der Waals surface area contributed by atoms with Crippen molar-refractivity contribution in [3.63, 3.8) is 0 Å². The van der Waals surface area contributed by atoms with Crippen molar-refractivity contribution in [3.05, 3.63) is 0 Å². The third-order valence-corrected chi connectivity index (χ3v) is 1.62. The summed E-state index contributed by atoms with van der Waals surface area (Å²) in [6, 6.07) is 0. The summed E-state index contributed by atoms with van der Waals surface area (Å²) < 4.78 is 2.12. The van der Waals surface area contributed by atoms with Gasteiger partial charge in [-0.05, 0) is 41.5 Å². The SMILES string of the molecule is C=[N+](C(C)(C)C)C(C)(C)C. The van der Waals surface area contributed by atoms with E-state index in [1.54, 1.807) is 0 Å². The predicted octanol–water partition coefficient (Wildman–Crippen LogP) is 2.30. The zero-order valence-electron chi connectivity index (χ0n) is 8.15. The van der Waals surface area contributed by atoms with Crippen LogP contribution in [0.5, 0.6) is 0 Å². The summed E-state index contributed by atoms with van der Waals surface area (Å²) in [5, 5.41) is 0. The summed E-state index contributed by atoms with van der Waals surface area (Å²) in [6.45, 7) is 17.0. The van der Waals surface area contributed by atoms with E-state index < -0.39 is 0 Å². The van der Waals surface area contributed by atoms with Crippen LogP contribution in [-0.2, 0) is 0 Å². The molecule has 0 unspecified atom stereocenters. The Labute approximate surface area is 64.8 Å². The third-order valence-electron chi connectivity index (χ3n) is 1.62. The van der Waals surface area contributed by atoms with E-state index in [2.05, 4.69) is 52.8 Å². The van der Waals surface area contributed by atoms with Gasteiger partial charge in [0.05, 0.1) is 0 Å². The Morgan fingerprint density at radius 1 is 0.800 bits per heavy atom. The summed E-state index contributed by atoms with van der Waals surface area (Å²) in [5.74, 6) is 0. The van der Waals surface area contributed by atoms with Crippen molar-refractivity contribution in [1.29, 1.82) is 0 Å². The lowest BCUT2D eigenvalue weighted by Crippen LogP contribution is -2.44. The molecule has 0 saturated carbocycles. The van der Waals surface area contributed by atoms with Gasteiger partial charge in [-0.25, -0.2) is 4.58 Å². The summed E-state index contributed by atoms with van der Waals surface area (Å²) in [5.41, 5.74) is 0.330. The van der Waals surface area contributed by atoms with Crippen LogP contribution in [0.15, 0.2) is 0 Å². The Bertz CT molecular complexity index is 116. The van der Waals surface area contributed by atoms with Gasteiger partial charge in [0, 0.05) is 0 Å². The first-order valence-electron chi connectivity index (χ1n) is 3.76. The van der Waals surface area contributed by atoms with Gasteiger partial charge in [0.25, 0.3) is 0 Å². The molecule has 0 aliphatic carbocycles. The molecule has 0 aliphatic heterocycles. The lowest BCUT2D eigenvalue weighted by molar-refractivity contribution is -0.650. The van der Waals surface area contributed by atoms with E-state index in [4.69, 9.17) is 0 Å². The normalized spacial score (nSPS) is 13.4. The van der Waals surface area contributed by atoms with Gasteiger partial charge >= 0.3 is 0 Å².